The maximum absolute atomic E-state index is 12.7. The first-order valence-electron chi connectivity index (χ1n) is 9.02. The van der Waals surface area contributed by atoms with Crippen LogP contribution in [0.4, 0.5) is 11.4 Å². The second-order valence-electron chi connectivity index (χ2n) is 6.19. The van der Waals surface area contributed by atoms with Crippen LogP contribution in [0.25, 0.3) is 0 Å². The third kappa shape index (κ3) is 4.50. The minimum atomic E-state index is 0.0173. The van der Waals surface area contributed by atoms with Crippen molar-refractivity contribution in [2.75, 3.05) is 25.0 Å². The molecule has 0 radical (unpaired) electrons. The lowest BCUT2D eigenvalue weighted by Gasteiger charge is -2.20. The zero-order valence-electron chi connectivity index (χ0n) is 14.7. The van der Waals surface area contributed by atoms with Gasteiger partial charge in [-0.3, -0.25) is 9.78 Å². The Morgan fingerprint density at radius 3 is 2.68 bits per heavy atom. The zero-order valence-corrected chi connectivity index (χ0v) is 14.7. The van der Waals surface area contributed by atoms with Crippen LogP contribution in [0.1, 0.15) is 43.1 Å². The Morgan fingerprint density at radius 2 is 1.92 bits per heavy atom. The van der Waals surface area contributed by atoms with Crippen LogP contribution in [0, 0.1) is 0 Å². The third-order valence-corrected chi connectivity index (χ3v) is 4.34. The summed E-state index contributed by atoms with van der Waals surface area (Å²) in [6.45, 7) is 4.21. The number of pyridine rings is 1. The van der Waals surface area contributed by atoms with E-state index in [9.17, 15) is 4.79 Å². The number of nitrogens with one attached hydrogen (secondary N) is 1. The van der Waals surface area contributed by atoms with Gasteiger partial charge in [-0.2, -0.15) is 0 Å². The fourth-order valence-corrected chi connectivity index (χ4v) is 3.07. The predicted molar refractivity (Wildman–Crippen MR) is 99.5 cm³/mol. The van der Waals surface area contributed by atoms with Crippen molar-refractivity contribution >= 4 is 17.3 Å². The van der Waals surface area contributed by atoms with Gasteiger partial charge in [-0.15, -0.1) is 0 Å². The number of aromatic nitrogens is 1. The number of likely N-dealkylation sites (tertiary alicyclic amines) is 1. The van der Waals surface area contributed by atoms with Gasteiger partial charge in [0.25, 0.3) is 5.91 Å². The van der Waals surface area contributed by atoms with Crippen molar-refractivity contribution in [2.24, 2.45) is 0 Å². The number of anilines is 2. The van der Waals surface area contributed by atoms with Gasteiger partial charge in [0.2, 0.25) is 0 Å². The van der Waals surface area contributed by atoms with E-state index in [-0.39, 0.29) is 5.91 Å². The number of para-hydroxylation sites is 2. The molecular formula is C20H25N3O2. The molecule has 1 N–H and O–H groups in total. The van der Waals surface area contributed by atoms with E-state index in [1.54, 1.807) is 6.20 Å². The van der Waals surface area contributed by atoms with Crippen LogP contribution in [0.15, 0.2) is 42.6 Å². The summed E-state index contributed by atoms with van der Waals surface area (Å²) in [6, 6.07) is 11.5. The number of nitrogens with zero attached hydrogens (tertiary/aromatic N) is 2. The van der Waals surface area contributed by atoms with Crippen LogP contribution >= 0.6 is 0 Å². The van der Waals surface area contributed by atoms with Crippen LogP contribution < -0.4 is 10.1 Å². The lowest BCUT2D eigenvalue weighted by Crippen LogP contribution is -2.32. The van der Waals surface area contributed by atoms with Crippen molar-refractivity contribution in [3.05, 3.63) is 48.3 Å². The molecular weight excluding hydrogens is 314 g/mol. The molecule has 0 spiro atoms. The van der Waals surface area contributed by atoms with Gasteiger partial charge in [-0.1, -0.05) is 25.0 Å². The normalized spacial score (nSPS) is 14.7. The van der Waals surface area contributed by atoms with E-state index in [1.165, 1.54) is 12.8 Å². The number of benzene rings is 1. The van der Waals surface area contributed by atoms with Crippen LogP contribution in [0.5, 0.6) is 5.75 Å². The molecule has 5 nitrogen and oxygen atoms in total. The fourth-order valence-electron chi connectivity index (χ4n) is 3.07. The first-order valence-corrected chi connectivity index (χ1v) is 9.02. The Hall–Kier alpha value is -2.56. The Bertz CT molecular complexity index is 710. The Morgan fingerprint density at radius 1 is 1.16 bits per heavy atom. The van der Waals surface area contributed by atoms with Crippen LogP contribution in [-0.2, 0) is 0 Å². The quantitative estimate of drug-likeness (QED) is 0.885. The maximum Gasteiger partial charge on any atom is 0.272 e. The van der Waals surface area contributed by atoms with Crippen molar-refractivity contribution in [2.45, 2.75) is 32.6 Å². The molecule has 132 valence electrons. The number of carbonyl (C=O) groups is 1. The SMILES string of the molecule is CCOc1ccccc1Nc1ccnc(C(=O)N2CCCCCC2)c1. The number of ether oxygens (including phenoxy) is 1. The molecule has 2 heterocycles. The Balaban J connectivity index is 1.76. The smallest absolute Gasteiger partial charge is 0.272 e. The van der Waals surface area contributed by atoms with E-state index in [1.807, 2.05) is 48.2 Å². The molecule has 0 unspecified atom stereocenters. The van der Waals surface area contributed by atoms with Crippen LogP contribution in [-0.4, -0.2) is 35.5 Å². The second-order valence-corrected chi connectivity index (χ2v) is 6.19. The third-order valence-electron chi connectivity index (χ3n) is 4.34. The van der Waals surface area contributed by atoms with E-state index in [2.05, 4.69) is 10.3 Å². The molecule has 1 saturated heterocycles. The highest BCUT2D eigenvalue weighted by atomic mass is 16.5. The largest absolute Gasteiger partial charge is 0.492 e. The first kappa shape index (κ1) is 17.3. The lowest BCUT2D eigenvalue weighted by atomic mass is 10.2. The summed E-state index contributed by atoms with van der Waals surface area (Å²) in [5.74, 6) is 0.811. The zero-order chi connectivity index (χ0) is 17.5. The van der Waals surface area contributed by atoms with Gasteiger partial charge >= 0.3 is 0 Å². The number of carbonyl (C=O) groups excluding carboxylic acids is 1. The molecule has 5 heteroatoms. The molecule has 25 heavy (non-hydrogen) atoms. The summed E-state index contributed by atoms with van der Waals surface area (Å²) < 4.78 is 5.64. The van der Waals surface area contributed by atoms with E-state index >= 15 is 0 Å². The van der Waals surface area contributed by atoms with Gasteiger partial charge in [0.1, 0.15) is 11.4 Å². The van der Waals surface area contributed by atoms with Gasteiger partial charge < -0.3 is 15.0 Å². The van der Waals surface area contributed by atoms with E-state index < -0.39 is 0 Å². The molecule has 1 aliphatic rings. The number of amides is 1. The molecule has 1 aliphatic heterocycles. The second kappa shape index (κ2) is 8.51. The molecule has 1 aromatic heterocycles. The molecule has 0 bridgehead atoms. The van der Waals surface area contributed by atoms with Gasteiger partial charge in [0.05, 0.1) is 12.3 Å². The maximum atomic E-state index is 12.7. The molecule has 3 rings (SSSR count). The summed E-state index contributed by atoms with van der Waals surface area (Å²) >= 11 is 0. The summed E-state index contributed by atoms with van der Waals surface area (Å²) in [4.78, 5) is 18.9. The number of hydrogen-bond donors (Lipinski definition) is 1. The highest BCUT2D eigenvalue weighted by Gasteiger charge is 2.18. The van der Waals surface area contributed by atoms with Crippen LogP contribution in [0.2, 0.25) is 0 Å². The summed E-state index contributed by atoms with van der Waals surface area (Å²) in [7, 11) is 0. The molecule has 0 aliphatic carbocycles. The lowest BCUT2D eigenvalue weighted by molar-refractivity contribution is 0.0756. The number of hydrogen-bond acceptors (Lipinski definition) is 4. The van der Waals surface area contributed by atoms with Gasteiger partial charge in [0, 0.05) is 25.0 Å². The summed E-state index contributed by atoms with van der Waals surface area (Å²) in [5.41, 5.74) is 2.20. The molecule has 1 amide bonds. The molecule has 2 aromatic rings. The summed E-state index contributed by atoms with van der Waals surface area (Å²) in [6.07, 6.45) is 6.23. The Labute approximate surface area is 149 Å². The molecule has 1 fully saturated rings. The van der Waals surface area contributed by atoms with Crippen molar-refractivity contribution in [3.8, 4) is 5.75 Å². The molecule has 0 atom stereocenters. The van der Waals surface area contributed by atoms with E-state index in [4.69, 9.17) is 4.74 Å². The monoisotopic (exact) mass is 339 g/mol. The van der Waals surface area contributed by atoms with Crippen molar-refractivity contribution in [1.82, 2.24) is 9.88 Å². The van der Waals surface area contributed by atoms with E-state index in [0.29, 0.717) is 12.3 Å². The van der Waals surface area contributed by atoms with Crippen LogP contribution in [0.3, 0.4) is 0 Å². The highest BCUT2D eigenvalue weighted by molar-refractivity contribution is 5.93. The highest BCUT2D eigenvalue weighted by Crippen LogP contribution is 2.27. The average molecular weight is 339 g/mol. The minimum Gasteiger partial charge on any atom is -0.492 e. The predicted octanol–water partition coefficient (Wildman–Crippen LogP) is 4.24. The first-order chi connectivity index (χ1) is 12.3. The standard InChI is InChI=1S/C20H25N3O2/c1-2-25-19-10-6-5-9-17(19)22-16-11-12-21-18(15-16)20(24)23-13-7-3-4-8-14-23/h5-6,9-12,15H,2-4,7-8,13-14H2,1H3,(H,21,22). The number of rotatable bonds is 5. The molecule has 0 saturated carbocycles. The summed E-state index contributed by atoms with van der Waals surface area (Å²) in [5, 5.41) is 3.33. The van der Waals surface area contributed by atoms with Crippen molar-refractivity contribution in [3.63, 3.8) is 0 Å². The van der Waals surface area contributed by atoms with Crippen molar-refractivity contribution < 1.29 is 9.53 Å². The van der Waals surface area contributed by atoms with Gasteiger partial charge in [0.15, 0.2) is 0 Å². The topological polar surface area (TPSA) is 54.5 Å². The van der Waals surface area contributed by atoms with E-state index in [0.717, 1.165) is 43.1 Å². The Kier molecular flexibility index (Phi) is 5.88. The average Bonchev–Trinajstić information content (AvgIpc) is 2.93. The molecule has 1 aromatic carbocycles. The van der Waals surface area contributed by atoms with Gasteiger partial charge in [-0.05, 0) is 44.0 Å². The fraction of sp³-hybridized carbons (Fsp3) is 0.400. The van der Waals surface area contributed by atoms with Crippen molar-refractivity contribution in [1.29, 1.82) is 0 Å². The minimum absolute atomic E-state index is 0.0173. The van der Waals surface area contributed by atoms with Gasteiger partial charge in [-0.25, -0.2) is 0 Å².